The fourth-order valence-electron chi connectivity index (χ4n) is 5.42. The highest BCUT2D eigenvalue weighted by Gasteiger charge is 2.19. The van der Waals surface area contributed by atoms with Crippen LogP contribution in [0.4, 0.5) is 0 Å². The lowest BCUT2D eigenvalue weighted by molar-refractivity contribution is 0.0153. The van der Waals surface area contributed by atoms with E-state index in [2.05, 4.69) is 6.07 Å². The topological polar surface area (TPSA) is 147 Å². The number of benzene rings is 5. The van der Waals surface area contributed by atoms with Crippen molar-refractivity contribution in [3.05, 3.63) is 132 Å². The number of carbonyl (C=O) groups excluding carboxylic acids is 2. The van der Waals surface area contributed by atoms with Crippen LogP contribution >= 0.6 is 0 Å². The smallest absolute Gasteiger partial charge is 0.341 e. The lowest BCUT2D eigenvalue weighted by Crippen LogP contribution is -2.13. The van der Waals surface area contributed by atoms with Crippen molar-refractivity contribution < 1.29 is 46.4 Å². The Balaban J connectivity index is 1.04. The Bertz CT molecular complexity index is 2180. The van der Waals surface area contributed by atoms with E-state index < -0.39 is 28.6 Å². The number of methoxy groups -OCH3 is 1. The van der Waals surface area contributed by atoms with Crippen molar-refractivity contribution in [1.82, 2.24) is 0 Å². The molecule has 0 aliphatic heterocycles. The Labute approximate surface area is 320 Å². The molecule has 5 aromatic rings. The van der Waals surface area contributed by atoms with Gasteiger partial charge in [-0.3, -0.25) is 0 Å². The Morgan fingerprint density at radius 1 is 0.582 bits per heavy atom. The van der Waals surface area contributed by atoms with Gasteiger partial charge in [0.1, 0.15) is 23.0 Å². The number of nitrogens with zero attached hydrogens (tertiary/aromatic N) is 1. The zero-order valence-electron chi connectivity index (χ0n) is 30.6. The van der Waals surface area contributed by atoms with Gasteiger partial charge in [-0.25, -0.2) is 18.0 Å². The van der Waals surface area contributed by atoms with Gasteiger partial charge in [0, 0.05) is 0 Å². The Morgan fingerprint density at radius 2 is 1.05 bits per heavy atom. The minimum atomic E-state index is -3.77. The fraction of sp³-hybridized carbons (Fsp3) is 0.233. The summed E-state index contributed by atoms with van der Waals surface area (Å²) in [5, 5.41) is 8.99. The number of hydrogen-bond acceptors (Lipinski definition) is 11. The molecule has 5 rings (SSSR count). The van der Waals surface area contributed by atoms with Gasteiger partial charge in [-0.2, -0.15) is 5.26 Å². The molecule has 0 saturated carbocycles. The minimum absolute atomic E-state index is 0.0698. The summed E-state index contributed by atoms with van der Waals surface area (Å²) in [6, 6.07) is 33.6. The maximum Gasteiger partial charge on any atom is 0.341 e. The molecule has 0 amide bonds. The van der Waals surface area contributed by atoms with Crippen LogP contribution in [0.25, 0.3) is 11.1 Å². The van der Waals surface area contributed by atoms with Gasteiger partial charge in [0.15, 0.2) is 0 Å². The average Bonchev–Trinajstić information content (AvgIpc) is 3.22. The van der Waals surface area contributed by atoms with E-state index in [1.807, 2.05) is 43.3 Å². The molecule has 0 fully saturated rings. The van der Waals surface area contributed by atoms with Gasteiger partial charge >= 0.3 is 11.9 Å². The zero-order valence-corrected chi connectivity index (χ0v) is 31.4. The predicted molar refractivity (Wildman–Crippen MR) is 204 cm³/mol. The predicted octanol–water partition coefficient (Wildman–Crippen LogP) is 8.45. The molecule has 0 bridgehead atoms. The molecular weight excluding hydrogens is 723 g/mol. The quantitative estimate of drug-likeness (QED) is 0.0453. The van der Waals surface area contributed by atoms with E-state index in [1.54, 1.807) is 24.3 Å². The van der Waals surface area contributed by atoms with E-state index in [9.17, 15) is 18.0 Å². The molecule has 0 unspecified atom stereocenters. The number of unbranched alkanes of at least 4 members (excludes halogenated alkanes) is 3. The van der Waals surface area contributed by atoms with Crippen molar-refractivity contribution >= 4 is 21.8 Å². The molecule has 11 nitrogen and oxygen atoms in total. The minimum Gasteiger partial charge on any atom is -0.494 e. The van der Waals surface area contributed by atoms with Crippen LogP contribution in [-0.4, -0.2) is 54.1 Å². The lowest BCUT2D eigenvalue weighted by atomic mass is 10.0. The van der Waals surface area contributed by atoms with Crippen molar-refractivity contribution in [3.8, 4) is 40.2 Å². The van der Waals surface area contributed by atoms with E-state index in [0.29, 0.717) is 36.9 Å². The van der Waals surface area contributed by atoms with E-state index in [1.165, 1.54) is 61.7 Å². The Kier molecular flexibility index (Phi) is 14.3. The SMILES string of the molecule is CCOc1ccc(S(=O)(=O)c2ccc(OCOC(=O)c3cc(OCCCCCCOc4ccc(-c5ccc(C#N)cc5)cc4)cc(C(=O)OC)c3)cc2)cc1. The second-order valence-electron chi connectivity index (χ2n) is 12.1. The molecule has 0 aliphatic carbocycles. The first-order valence-corrected chi connectivity index (χ1v) is 19.2. The van der Waals surface area contributed by atoms with Gasteiger partial charge in [-0.15, -0.1) is 0 Å². The van der Waals surface area contributed by atoms with Crippen molar-refractivity contribution in [2.45, 2.75) is 42.4 Å². The molecule has 0 heterocycles. The van der Waals surface area contributed by atoms with Gasteiger partial charge < -0.3 is 28.4 Å². The summed E-state index contributed by atoms with van der Waals surface area (Å²) in [7, 11) is -2.52. The van der Waals surface area contributed by atoms with E-state index in [0.717, 1.165) is 42.6 Å². The molecule has 5 aromatic carbocycles. The van der Waals surface area contributed by atoms with Crippen molar-refractivity contribution in [3.63, 3.8) is 0 Å². The molecule has 0 aromatic heterocycles. The maximum atomic E-state index is 13.0. The third kappa shape index (κ3) is 11.3. The van der Waals surface area contributed by atoms with Crippen LogP contribution in [0.2, 0.25) is 0 Å². The number of hydrogen-bond donors (Lipinski definition) is 0. The van der Waals surface area contributed by atoms with Crippen LogP contribution in [0.1, 0.15) is 58.9 Å². The normalized spacial score (nSPS) is 10.9. The second kappa shape index (κ2) is 19.7. The first-order valence-electron chi connectivity index (χ1n) is 17.7. The van der Waals surface area contributed by atoms with Crippen LogP contribution in [0.3, 0.4) is 0 Å². The van der Waals surface area contributed by atoms with Crippen LogP contribution in [0.5, 0.6) is 23.0 Å². The summed E-state index contributed by atoms with van der Waals surface area (Å²) in [5.74, 6) is 0.566. The van der Waals surface area contributed by atoms with Gasteiger partial charge in [0.25, 0.3) is 0 Å². The van der Waals surface area contributed by atoms with Crippen molar-refractivity contribution in [1.29, 1.82) is 5.26 Å². The molecule has 0 saturated heterocycles. The summed E-state index contributed by atoms with van der Waals surface area (Å²) in [4.78, 5) is 25.4. The standard InChI is InChI=1S/C43H41NO10S/c1-3-50-36-16-20-40(21-17-36)55(47,48)41-22-18-38(19-23-41)53-30-54-43(46)35-26-34(42(45)49-2)27-39(28-35)52-25-7-5-4-6-24-51-37-14-12-33(13-15-37)32-10-8-31(29-44)9-11-32/h8-23,26-28H,3-7,24-25,30H2,1-2H3. The van der Waals surface area contributed by atoms with E-state index >= 15 is 0 Å². The Morgan fingerprint density at radius 3 is 1.58 bits per heavy atom. The molecular formula is C43H41NO10S. The summed E-state index contributed by atoms with van der Waals surface area (Å²) in [6.45, 7) is 2.79. The molecule has 55 heavy (non-hydrogen) atoms. The van der Waals surface area contributed by atoms with E-state index in [-0.39, 0.29) is 26.7 Å². The molecule has 0 aliphatic rings. The van der Waals surface area contributed by atoms with Gasteiger partial charge in [-0.1, -0.05) is 24.3 Å². The summed E-state index contributed by atoms with van der Waals surface area (Å²) < 4.78 is 58.9. The molecule has 0 atom stereocenters. The summed E-state index contributed by atoms with van der Waals surface area (Å²) in [6.07, 6.45) is 3.42. The first kappa shape index (κ1) is 39.9. The molecule has 284 valence electrons. The third-order valence-electron chi connectivity index (χ3n) is 8.34. The van der Waals surface area contributed by atoms with E-state index in [4.69, 9.17) is 33.7 Å². The number of nitriles is 1. The van der Waals surface area contributed by atoms with Gasteiger partial charge in [0.2, 0.25) is 16.6 Å². The number of esters is 2. The highest BCUT2D eigenvalue weighted by atomic mass is 32.2. The van der Waals surface area contributed by atoms with Gasteiger partial charge in [0.05, 0.1) is 59.5 Å². The first-order chi connectivity index (χ1) is 26.7. The summed E-state index contributed by atoms with van der Waals surface area (Å²) in [5.41, 5.74) is 2.90. The van der Waals surface area contributed by atoms with Gasteiger partial charge in [-0.05, 0) is 135 Å². The van der Waals surface area contributed by atoms with Crippen molar-refractivity contribution in [2.75, 3.05) is 33.7 Å². The van der Waals surface area contributed by atoms with Crippen molar-refractivity contribution in [2.24, 2.45) is 0 Å². The van der Waals surface area contributed by atoms with Crippen LogP contribution in [-0.2, 0) is 19.3 Å². The number of rotatable bonds is 19. The Hall–Kier alpha value is -6.32. The third-order valence-corrected chi connectivity index (χ3v) is 10.1. The largest absolute Gasteiger partial charge is 0.494 e. The lowest BCUT2D eigenvalue weighted by Gasteiger charge is -2.12. The summed E-state index contributed by atoms with van der Waals surface area (Å²) >= 11 is 0. The average molecular weight is 764 g/mol. The monoisotopic (exact) mass is 763 g/mol. The highest BCUT2D eigenvalue weighted by molar-refractivity contribution is 7.91. The van der Waals surface area contributed by atoms with Crippen LogP contribution in [0, 0.1) is 11.3 Å². The number of sulfone groups is 1. The second-order valence-corrected chi connectivity index (χ2v) is 14.1. The fourth-order valence-corrected chi connectivity index (χ4v) is 6.68. The highest BCUT2D eigenvalue weighted by Crippen LogP contribution is 2.26. The molecule has 0 spiro atoms. The molecule has 0 N–H and O–H groups in total. The maximum absolute atomic E-state index is 13.0. The van der Waals surface area contributed by atoms with Crippen LogP contribution in [0.15, 0.2) is 125 Å². The zero-order chi connectivity index (χ0) is 39.0. The van der Waals surface area contributed by atoms with Crippen LogP contribution < -0.4 is 18.9 Å². The number of carbonyl (C=O) groups is 2. The molecule has 0 radical (unpaired) electrons. The molecule has 12 heteroatoms. The number of ether oxygens (including phenoxy) is 6.